The summed E-state index contributed by atoms with van der Waals surface area (Å²) in [7, 11) is 0. The highest BCUT2D eigenvalue weighted by atomic mass is 32.2. The average molecular weight is 282 g/mol. The monoisotopic (exact) mass is 282 g/mol. The van der Waals surface area contributed by atoms with Crippen LogP contribution in [0.3, 0.4) is 0 Å². The van der Waals surface area contributed by atoms with Crippen LogP contribution in [-0.4, -0.2) is 34.2 Å². The van der Waals surface area contributed by atoms with Crippen LogP contribution in [0.1, 0.15) is 45.4 Å². The van der Waals surface area contributed by atoms with Crippen molar-refractivity contribution in [2.24, 2.45) is 5.41 Å². The maximum atomic E-state index is 12.2. The number of nitrogens with zero attached hydrogens (tertiary/aromatic N) is 1. The first kappa shape index (κ1) is 14.7. The van der Waals surface area contributed by atoms with Crippen LogP contribution in [0, 0.1) is 16.7 Å². The van der Waals surface area contributed by atoms with Gasteiger partial charge < -0.3 is 10.4 Å². The molecule has 0 spiro atoms. The predicted molar refractivity (Wildman–Crippen MR) is 75.6 cm³/mol. The molecule has 0 aromatic rings. The van der Waals surface area contributed by atoms with Gasteiger partial charge in [0.2, 0.25) is 5.91 Å². The Morgan fingerprint density at radius 2 is 2.16 bits per heavy atom. The molecule has 19 heavy (non-hydrogen) atoms. The molecule has 2 N–H and O–H groups in total. The van der Waals surface area contributed by atoms with Crippen LogP contribution >= 0.6 is 11.8 Å². The van der Waals surface area contributed by atoms with Crippen molar-refractivity contribution in [2.75, 3.05) is 12.3 Å². The number of hydrogen-bond acceptors (Lipinski definition) is 4. The van der Waals surface area contributed by atoms with Gasteiger partial charge in [-0.25, -0.2) is 0 Å². The van der Waals surface area contributed by atoms with Gasteiger partial charge in [-0.15, -0.1) is 0 Å². The van der Waals surface area contributed by atoms with E-state index in [1.807, 2.05) is 0 Å². The topological polar surface area (TPSA) is 73.1 Å². The molecule has 2 atom stereocenters. The Labute approximate surface area is 118 Å². The number of nitrogens with one attached hydrogen (secondary N) is 1. The molecule has 2 aliphatic carbocycles. The summed E-state index contributed by atoms with van der Waals surface area (Å²) in [5, 5.41) is 22.7. The SMILES string of the molecule is CCSC1CCC1(O)CNC(=O)C1(C#N)CCCC1. The van der Waals surface area contributed by atoms with Crippen LogP contribution in [0.2, 0.25) is 0 Å². The Morgan fingerprint density at radius 3 is 2.63 bits per heavy atom. The molecule has 0 aliphatic heterocycles. The second kappa shape index (κ2) is 5.72. The number of carbonyl (C=O) groups is 1. The van der Waals surface area contributed by atoms with E-state index < -0.39 is 11.0 Å². The third kappa shape index (κ3) is 2.75. The molecule has 1 amide bonds. The van der Waals surface area contributed by atoms with E-state index in [4.69, 9.17) is 0 Å². The van der Waals surface area contributed by atoms with Crippen LogP contribution in [0.15, 0.2) is 0 Å². The van der Waals surface area contributed by atoms with Crippen LogP contribution < -0.4 is 5.32 Å². The zero-order valence-electron chi connectivity index (χ0n) is 11.4. The summed E-state index contributed by atoms with van der Waals surface area (Å²) < 4.78 is 0. The van der Waals surface area contributed by atoms with Crippen LogP contribution in [-0.2, 0) is 4.79 Å². The van der Waals surface area contributed by atoms with E-state index in [2.05, 4.69) is 18.3 Å². The molecule has 0 saturated heterocycles. The molecular formula is C14H22N2O2S. The molecule has 2 aliphatic rings. The van der Waals surface area contributed by atoms with E-state index in [9.17, 15) is 15.2 Å². The van der Waals surface area contributed by atoms with E-state index in [-0.39, 0.29) is 17.7 Å². The lowest BCUT2D eigenvalue weighted by Crippen LogP contribution is -2.58. The molecule has 5 heteroatoms. The van der Waals surface area contributed by atoms with Gasteiger partial charge in [0.1, 0.15) is 5.41 Å². The van der Waals surface area contributed by atoms with Gasteiger partial charge in [0.15, 0.2) is 0 Å². The lowest BCUT2D eigenvalue weighted by Gasteiger charge is -2.45. The molecule has 0 aromatic heterocycles. The van der Waals surface area contributed by atoms with Crippen molar-refractivity contribution < 1.29 is 9.90 Å². The zero-order chi connectivity index (χ0) is 13.9. The second-order valence-corrected chi connectivity index (χ2v) is 7.15. The van der Waals surface area contributed by atoms with E-state index in [1.165, 1.54) is 0 Å². The molecule has 2 rings (SSSR count). The van der Waals surface area contributed by atoms with Crippen LogP contribution in [0.4, 0.5) is 0 Å². The van der Waals surface area contributed by atoms with E-state index in [0.717, 1.165) is 31.4 Å². The molecule has 2 unspecified atom stereocenters. The fourth-order valence-electron chi connectivity index (χ4n) is 3.01. The fraction of sp³-hybridized carbons (Fsp3) is 0.857. The Morgan fingerprint density at radius 1 is 1.47 bits per heavy atom. The minimum Gasteiger partial charge on any atom is -0.387 e. The van der Waals surface area contributed by atoms with Gasteiger partial charge in [0.25, 0.3) is 0 Å². The highest BCUT2D eigenvalue weighted by molar-refractivity contribution is 8.00. The van der Waals surface area contributed by atoms with Crippen molar-refractivity contribution in [3.05, 3.63) is 0 Å². The number of aliphatic hydroxyl groups is 1. The summed E-state index contributed by atoms with van der Waals surface area (Å²) in [4.78, 5) is 12.2. The van der Waals surface area contributed by atoms with Gasteiger partial charge >= 0.3 is 0 Å². The molecule has 2 saturated carbocycles. The van der Waals surface area contributed by atoms with Gasteiger partial charge in [-0.1, -0.05) is 19.8 Å². The summed E-state index contributed by atoms with van der Waals surface area (Å²) in [6.07, 6.45) is 4.94. The Bertz CT molecular complexity index is 387. The molecule has 0 aromatic carbocycles. The summed E-state index contributed by atoms with van der Waals surface area (Å²) in [5.74, 6) is 0.788. The second-order valence-electron chi connectivity index (χ2n) is 5.67. The largest absolute Gasteiger partial charge is 0.387 e. The van der Waals surface area contributed by atoms with Gasteiger partial charge in [-0.05, 0) is 31.4 Å². The number of rotatable bonds is 5. The minimum atomic E-state index is -0.840. The summed E-state index contributed by atoms with van der Waals surface area (Å²) in [6, 6.07) is 2.19. The maximum Gasteiger partial charge on any atom is 0.240 e. The quantitative estimate of drug-likeness (QED) is 0.807. The van der Waals surface area contributed by atoms with E-state index >= 15 is 0 Å². The van der Waals surface area contributed by atoms with E-state index in [1.54, 1.807) is 11.8 Å². The Balaban J connectivity index is 1.88. The molecule has 0 heterocycles. The normalized spacial score (nSPS) is 32.4. The molecule has 0 radical (unpaired) electrons. The van der Waals surface area contributed by atoms with Crippen molar-refractivity contribution in [1.29, 1.82) is 5.26 Å². The van der Waals surface area contributed by atoms with Gasteiger partial charge in [-0.3, -0.25) is 4.79 Å². The number of amides is 1. The first-order chi connectivity index (χ1) is 9.06. The lowest BCUT2D eigenvalue weighted by atomic mass is 9.79. The molecule has 106 valence electrons. The maximum absolute atomic E-state index is 12.2. The van der Waals surface area contributed by atoms with Crippen molar-refractivity contribution >= 4 is 17.7 Å². The van der Waals surface area contributed by atoms with E-state index in [0.29, 0.717) is 12.8 Å². The number of hydrogen-bond donors (Lipinski definition) is 2. The molecule has 0 bridgehead atoms. The Hall–Kier alpha value is -0.730. The smallest absolute Gasteiger partial charge is 0.240 e. The van der Waals surface area contributed by atoms with Crippen molar-refractivity contribution in [3.63, 3.8) is 0 Å². The molecular weight excluding hydrogens is 260 g/mol. The highest BCUT2D eigenvalue weighted by Crippen LogP contribution is 2.41. The lowest BCUT2D eigenvalue weighted by molar-refractivity contribution is -0.130. The molecule has 4 nitrogen and oxygen atoms in total. The van der Waals surface area contributed by atoms with Gasteiger partial charge in [-0.2, -0.15) is 17.0 Å². The molecule has 2 fully saturated rings. The standard InChI is InChI=1S/C14H22N2O2S/c1-2-19-11-5-8-14(11,18)10-16-12(17)13(9-15)6-3-4-7-13/h11,18H,2-8,10H2,1H3,(H,16,17). The first-order valence-corrected chi connectivity index (χ1v) is 8.15. The average Bonchev–Trinajstić information content (AvgIpc) is 2.90. The van der Waals surface area contributed by atoms with Crippen molar-refractivity contribution in [1.82, 2.24) is 5.32 Å². The summed E-state index contributed by atoms with van der Waals surface area (Å²) >= 11 is 1.75. The van der Waals surface area contributed by atoms with Crippen molar-refractivity contribution in [3.8, 4) is 6.07 Å². The fourth-order valence-corrected chi connectivity index (χ4v) is 4.21. The zero-order valence-corrected chi connectivity index (χ0v) is 12.3. The van der Waals surface area contributed by atoms with Gasteiger partial charge in [0.05, 0.1) is 11.7 Å². The summed E-state index contributed by atoms with van der Waals surface area (Å²) in [5.41, 5.74) is -1.61. The minimum absolute atomic E-state index is 0.187. The van der Waals surface area contributed by atoms with Crippen LogP contribution in [0.5, 0.6) is 0 Å². The van der Waals surface area contributed by atoms with Gasteiger partial charge in [0, 0.05) is 11.8 Å². The third-order valence-electron chi connectivity index (χ3n) is 4.47. The third-order valence-corrected chi connectivity index (χ3v) is 5.88. The number of thioether (sulfide) groups is 1. The summed E-state index contributed by atoms with van der Waals surface area (Å²) in [6.45, 7) is 2.36. The van der Waals surface area contributed by atoms with Crippen LogP contribution in [0.25, 0.3) is 0 Å². The Kier molecular flexibility index (Phi) is 4.42. The highest BCUT2D eigenvalue weighted by Gasteiger charge is 2.47. The number of carbonyl (C=O) groups excluding carboxylic acids is 1. The predicted octanol–water partition coefficient (Wildman–Crippen LogP) is 1.83. The van der Waals surface area contributed by atoms with Crippen molar-refractivity contribution in [2.45, 2.75) is 56.3 Å². The first-order valence-electron chi connectivity index (χ1n) is 7.10. The number of nitriles is 1.